The fourth-order valence-corrected chi connectivity index (χ4v) is 1.80. The number of nitrogen functional groups attached to an aromatic ring is 1. The van der Waals surface area contributed by atoms with Crippen LogP contribution in [0.4, 0.5) is 15.8 Å². The summed E-state index contributed by atoms with van der Waals surface area (Å²) in [6.45, 7) is 0. The van der Waals surface area contributed by atoms with E-state index in [1.807, 2.05) is 0 Å². The van der Waals surface area contributed by atoms with Gasteiger partial charge in [0.25, 0.3) is 5.91 Å². The maximum Gasteiger partial charge on any atom is 0.275 e. The highest BCUT2D eigenvalue weighted by Crippen LogP contribution is 2.19. The van der Waals surface area contributed by atoms with Crippen molar-refractivity contribution < 1.29 is 9.18 Å². The number of hydrogen-bond donors (Lipinski definition) is 2. The van der Waals surface area contributed by atoms with Crippen molar-refractivity contribution in [2.45, 2.75) is 0 Å². The van der Waals surface area contributed by atoms with E-state index in [2.05, 4.69) is 26.2 Å². The number of nitrogens with one attached hydrogen (secondary N) is 1. The number of aromatic nitrogens is 1. The third-order valence-corrected chi connectivity index (χ3v) is 2.87. The minimum atomic E-state index is -0.521. The average Bonchev–Trinajstić information content (AvgIpc) is 2.34. The summed E-state index contributed by atoms with van der Waals surface area (Å²) in [7, 11) is 0. The molecule has 0 spiro atoms. The molecule has 0 saturated heterocycles. The van der Waals surface area contributed by atoms with Crippen LogP contribution in [0.1, 0.15) is 10.5 Å². The molecular weight excluding hydrogens is 301 g/mol. The Morgan fingerprint density at radius 2 is 2.17 bits per heavy atom. The molecule has 0 unspecified atom stereocenters. The van der Waals surface area contributed by atoms with Crippen molar-refractivity contribution in [3.8, 4) is 0 Å². The number of anilines is 2. The van der Waals surface area contributed by atoms with Crippen LogP contribution in [0.25, 0.3) is 0 Å². The number of carbonyl (C=O) groups excluding carboxylic acids is 1. The number of hydrogen-bond acceptors (Lipinski definition) is 3. The maximum absolute atomic E-state index is 13.0. The Morgan fingerprint density at radius 1 is 1.39 bits per heavy atom. The molecule has 6 heteroatoms. The molecule has 92 valence electrons. The van der Waals surface area contributed by atoms with Gasteiger partial charge in [0.15, 0.2) is 0 Å². The number of nitrogens with zero attached hydrogens (tertiary/aromatic N) is 1. The summed E-state index contributed by atoms with van der Waals surface area (Å²) in [5, 5.41) is 2.59. The lowest BCUT2D eigenvalue weighted by atomic mass is 10.2. The van der Waals surface area contributed by atoms with Gasteiger partial charge in [-0.15, -0.1) is 0 Å². The number of benzene rings is 1. The van der Waals surface area contributed by atoms with Crippen LogP contribution < -0.4 is 11.1 Å². The molecule has 3 N–H and O–H groups in total. The lowest BCUT2D eigenvalue weighted by molar-refractivity contribution is 0.102. The molecule has 0 bridgehead atoms. The van der Waals surface area contributed by atoms with Crippen molar-refractivity contribution in [3.05, 3.63) is 52.5 Å². The summed E-state index contributed by atoms with van der Waals surface area (Å²) in [5.74, 6) is -0.916. The Labute approximate surface area is 111 Å². The Morgan fingerprint density at radius 3 is 2.83 bits per heavy atom. The van der Waals surface area contributed by atoms with E-state index in [1.54, 1.807) is 12.1 Å². The van der Waals surface area contributed by atoms with Crippen LogP contribution in [0.2, 0.25) is 0 Å². The predicted molar refractivity (Wildman–Crippen MR) is 70.7 cm³/mol. The van der Waals surface area contributed by atoms with Gasteiger partial charge in [0, 0.05) is 16.4 Å². The number of halogens is 2. The monoisotopic (exact) mass is 309 g/mol. The zero-order valence-electron chi connectivity index (χ0n) is 9.15. The summed E-state index contributed by atoms with van der Waals surface area (Å²) in [4.78, 5) is 15.8. The minimum absolute atomic E-state index is 0.0205. The Kier molecular flexibility index (Phi) is 3.57. The van der Waals surface area contributed by atoms with Gasteiger partial charge in [0.05, 0.1) is 5.69 Å². The standard InChI is InChI=1S/C12H9BrFN3O/c13-8-2-1-5-16-11(8)12(18)17-7-3-4-9(14)10(15)6-7/h1-6H,15H2,(H,17,18). The lowest BCUT2D eigenvalue weighted by Gasteiger charge is -2.06. The van der Waals surface area contributed by atoms with Gasteiger partial charge in [-0.2, -0.15) is 0 Å². The highest BCUT2D eigenvalue weighted by Gasteiger charge is 2.11. The SMILES string of the molecule is Nc1cc(NC(=O)c2ncccc2Br)ccc1F. The van der Waals surface area contributed by atoms with E-state index < -0.39 is 11.7 Å². The van der Waals surface area contributed by atoms with E-state index in [1.165, 1.54) is 24.4 Å². The summed E-state index contributed by atoms with van der Waals surface area (Å²) >= 11 is 3.23. The molecule has 1 aromatic carbocycles. The second-order valence-electron chi connectivity index (χ2n) is 3.52. The highest BCUT2D eigenvalue weighted by molar-refractivity contribution is 9.10. The zero-order chi connectivity index (χ0) is 13.1. The topological polar surface area (TPSA) is 68.0 Å². The van der Waals surface area contributed by atoms with Crippen molar-refractivity contribution in [2.24, 2.45) is 0 Å². The van der Waals surface area contributed by atoms with Crippen molar-refractivity contribution in [1.82, 2.24) is 4.98 Å². The second kappa shape index (κ2) is 5.14. The quantitative estimate of drug-likeness (QED) is 0.838. The fourth-order valence-electron chi connectivity index (χ4n) is 1.36. The van der Waals surface area contributed by atoms with Crippen molar-refractivity contribution in [3.63, 3.8) is 0 Å². The van der Waals surface area contributed by atoms with Crippen LogP contribution in [0.15, 0.2) is 41.0 Å². The van der Waals surface area contributed by atoms with Gasteiger partial charge in [-0.1, -0.05) is 0 Å². The first-order valence-corrected chi connectivity index (χ1v) is 5.84. The number of nitrogens with two attached hydrogens (primary N) is 1. The second-order valence-corrected chi connectivity index (χ2v) is 4.38. The highest BCUT2D eigenvalue weighted by atomic mass is 79.9. The smallest absolute Gasteiger partial charge is 0.275 e. The number of amides is 1. The molecule has 0 atom stereocenters. The van der Waals surface area contributed by atoms with Gasteiger partial charge >= 0.3 is 0 Å². The van der Waals surface area contributed by atoms with Crippen molar-refractivity contribution in [2.75, 3.05) is 11.1 Å². The molecule has 2 rings (SSSR count). The van der Waals surface area contributed by atoms with Crippen LogP contribution in [0.5, 0.6) is 0 Å². The third-order valence-electron chi connectivity index (χ3n) is 2.23. The molecular formula is C12H9BrFN3O. The average molecular weight is 310 g/mol. The fraction of sp³-hybridized carbons (Fsp3) is 0. The molecule has 1 amide bonds. The van der Waals surface area contributed by atoms with Crippen LogP contribution >= 0.6 is 15.9 Å². The van der Waals surface area contributed by atoms with Crippen molar-refractivity contribution >= 4 is 33.2 Å². The van der Waals surface area contributed by atoms with E-state index in [4.69, 9.17) is 5.73 Å². The first-order valence-electron chi connectivity index (χ1n) is 5.05. The predicted octanol–water partition coefficient (Wildman–Crippen LogP) is 2.82. The summed E-state index contributed by atoms with van der Waals surface area (Å²) in [5.41, 5.74) is 6.06. The zero-order valence-corrected chi connectivity index (χ0v) is 10.7. The molecule has 0 aliphatic rings. The summed E-state index contributed by atoms with van der Waals surface area (Å²) in [6, 6.07) is 7.39. The van der Waals surface area contributed by atoms with Gasteiger partial charge in [-0.25, -0.2) is 9.37 Å². The molecule has 0 aliphatic heterocycles. The minimum Gasteiger partial charge on any atom is -0.396 e. The van der Waals surface area contributed by atoms with Gasteiger partial charge in [-0.3, -0.25) is 4.79 Å². The van der Waals surface area contributed by atoms with Crippen LogP contribution in [0.3, 0.4) is 0 Å². The van der Waals surface area contributed by atoms with E-state index in [0.717, 1.165) is 0 Å². The Balaban J connectivity index is 2.22. The molecule has 18 heavy (non-hydrogen) atoms. The first kappa shape index (κ1) is 12.5. The molecule has 1 heterocycles. The summed E-state index contributed by atoms with van der Waals surface area (Å²) in [6.07, 6.45) is 1.51. The van der Waals surface area contributed by atoms with Crippen molar-refractivity contribution in [1.29, 1.82) is 0 Å². The molecule has 0 aliphatic carbocycles. The van der Waals surface area contributed by atoms with E-state index in [0.29, 0.717) is 10.2 Å². The van der Waals surface area contributed by atoms with Crippen LogP contribution in [0, 0.1) is 5.82 Å². The molecule has 0 fully saturated rings. The number of pyridine rings is 1. The third kappa shape index (κ3) is 2.65. The maximum atomic E-state index is 13.0. The normalized spacial score (nSPS) is 10.1. The van der Waals surface area contributed by atoms with E-state index in [-0.39, 0.29) is 11.4 Å². The summed E-state index contributed by atoms with van der Waals surface area (Å²) < 4.78 is 13.5. The van der Waals surface area contributed by atoms with Gasteiger partial charge in [0.1, 0.15) is 11.5 Å². The molecule has 2 aromatic rings. The number of rotatable bonds is 2. The Bertz CT molecular complexity index is 604. The van der Waals surface area contributed by atoms with E-state index >= 15 is 0 Å². The van der Waals surface area contributed by atoms with Gasteiger partial charge in [-0.05, 0) is 46.3 Å². The molecule has 0 radical (unpaired) electrons. The number of carbonyl (C=O) groups is 1. The molecule has 4 nitrogen and oxygen atoms in total. The first-order chi connectivity index (χ1) is 8.58. The van der Waals surface area contributed by atoms with Crippen LogP contribution in [-0.4, -0.2) is 10.9 Å². The largest absolute Gasteiger partial charge is 0.396 e. The Hall–Kier alpha value is -1.95. The van der Waals surface area contributed by atoms with Crippen LogP contribution in [-0.2, 0) is 0 Å². The molecule has 1 aromatic heterocycles. The molecule has 0 saturated carbocycles. The van der Waals surface area contributed by atoms with Gasteiger partial charge < -0.3 is 11.1 Å². The van der Waals surface area contributed by atoms with Gasteiger partial charge in [0.2, 0.25) is 0 Å². The lowest BCUT2D eigenvalue weighted by Crippen LogP contribution is -2.14. The van der Waals surface area contributed by atoms with E-state index in [9.17, 15) is 9.18 Å².